The van der Waals surface area contributed by atoms with Crippen molar-refractivity contribution in [3.05, 3.63) is 148 Å². The second kappa shape index (κ2) is 8.70. The summed E-state index contributed by atoms with van der Waals surface area (Å²) in [5.74, 6) is 0.408. The van der Waals surface area contributed by atoms with Gasteiger partial charge in [0.2, 0.25) is 0 Å². The number of rotatable bonds is 3. The van der Waals surface area contributed by atoms with Gasteiger partial charge in [-0.3, -0.25) is 0 Å². The van der Waals surface area contributed by atoms with Gasteiger partial charge in [-0.15, -0.1) is 0 Å². The molecular weight excluding hydrogens is 494 g/mol. The molecular formula is C40H37N. The van der Waals surface area contributed by atoms with Crippen molar-refractivity contribution in [2.24, 2.45) is 0 Å². The van der Waals surface area contributed by atoms with Crippen molar-refractivity contribution >= 4 is 27.7 Å². The zero-order valence-electron chi connectivity index (χ0n) is 24.5. The van der Waals surface area contributed by atoms with Crippen molar-refractivity contribution in [3.8, 4) is 0 Å². The third-order valence-electron chi connectivity index (χ3n) is 10.4. The SMILES string of the molecule is CC1(C)C2=C(C=C3C(C2)c2c(cc(N(C4=CCCC=C4)c4ccccc4)c4ccccc24)C3(C)C)c2ccccc21. The molecule has 0 saturated heterocycles. The number of allylic oxidation sites excluding steroid dienone is 7. The van der Waals surface area contributed by atoms with Crippen molar-refractivity contribution in [2.75, 3.05) is 4.90 Å². The van der Waals surface area contributed by atoms with E-state index in [9.17, 15) is 0 Å². The molecule has 4 aromatic rings. The highest BCUT2D eigenvalue weighted by molar-refractivity contribution is 6.02. The molecule has 0 saturated carbocycles. The Hall–Kier alpha value is -4.10. The van der Waals surface area contributed by atoms with Gasteiger partial charge in [0.15, 0.2) is 0 Å². The lowest BCUT2D eigenvalue weighted by molar-refractivity contribution is 0.561. The van der Waals surface area contributed by atoms with Gasteiger partial charge in [-0.2, -0.15) is 0 Å². The summed E-state index contributed by atoms with van der Waals surface area (Å²) in [7, 11) is 0. The normalized spacial score (nSPS) is 21.1. The maximum Gasteiger partial charge on any atom is 0.0543 e. The Morgan fingerprint density at radius 1 is 0.732 bits per heavy atom. The standard InChI is InChI=1S/C40H37N/c1-39(2)33-22-14-13-19-28(33)31-23-35-32(24-34(31)39)38-30-21-12-11-20-29(30)37(25-36(38)40(35,3)4)41(26-15-7-5-8-16-26)27-17-9-6-10-18-27/h5,7-9,11-23,25,32H,6,10,24H2,1-4H3. The van der Waals surface area contributed by atoms with E-state index in [0.29, 0.717) is 5.92 Å². The van der Waals surface area contributed by atoms with E-state index in [2.05, 4.69) is 142 Å². The lowest BCUT2D eigenvalue weighted by atomic mass is 9.71. The zero-order valence-corrected chi connectivity index (χ0v) is 24.5. The molecule has 1 heteroatoms. The topological polar surface area (TPSA) is 3.24 Å². The molecule has 0 heterocycles. The van der Waals surface area contributed by atoms with Crippen LogP contribution in [0.25, 0.3) is 16.3 Å². The molecule has 0 bridgehead atoms. The van der Waals surface area contributed by atoms with Crippen molar-refractivity contribution in [1.82, 2.24) is 0 Å². The molecule has 0 aliphatic heterocycles. The average Bonchev–Trinajstić information content (AvgIpc) is 3.37. The van der Waals surface area contributed by atoms with Crippen LogP contribution >= 0.6 is 0 Å². The summed E-state index contributed by atoms with van der Waals surface area (Å²) in [6, 6.07) is 31.7. The van der Waals surface area contributed by atoms with E-state index in [1.54, 1.807) is 16.7 Å². The van der Waals surface area contributed by atoms with Crippen LogP contribution in [0.1, 0.15) is 75.1 Å². The first-order valence-corrected chi connectivity index (χ1v) is 15.2. The van der Waals surface area contributed by atoms with E-state index in [4.69, 9.17) is 0 Å². The summed E-state index contributed by atoms with van der Waals surface area (Å²) in [6.45, 7) is 9.78. The molecule has 0 radical (unpaired) electrons. The van der Waals surface area contributed by atoms with E-state index in [0.717, 1.165) is 19.3 Å². The molecule has 1 nitrogen and oxygen atoms in total. The smallest absolute Gasteiger partial charge is 0.0543 e. The van der Waals surface area contributed by atoms with E-state index in [-0.39, 0.29) is 10.8 Å². The molecule has 4 aromatic carbocycles. The van der Waals surface area contributed by atoms with Crippen molar-refractivity contribution in [1.29, 1.82) is 0 Å². The Balaban J connectivity index is 1.37. The molecule has 4 aliphatic carbocycles. The van der Waals surface area contributed by atoms with Gasteiger partial charge in [-0.1, -0.05) is 124 Å². The minimum Gasteiger partial charge on any atom is -0.310 e. The molecule has 0 spiro atoms. The van der Waals surface area contributed by atoms with Gasteiger partial charge in [0, 0.05) is 33.5 Å². The molecule has 1 atom stereocenters. The summed E-state index contributed by atoms with van der Waals surface area (Å²) in [6.07, 6.45) is 12.9. The number of anilines is 2. The van der Waals surface area contributed by atoms with Gasteiger partial charge in [0.1, 0.15) is 0 Å². The van der Waals surface area contributed by atoms with Crippen molar-refractivity contribution in [2.45, 2.75) is 63.7 Å². The van der Waals surface area contributed by atoms with Crippen LogP contribution in [0.2, 0.25) is 0 Å². The number of nitrogens with zero attached hydrogens (tertiary/aromatic N) is 1. The number of para-hydroxylation sites is 1. The van der Waals surface area contributed by atoms with Crippen LogP contribution in [0.15, 0.2) is 126 Å². The van der Waals surface area contributed by atoms with Crippen molar-refractivity contribution < 1.29 is 0 Å². The first kappa shape index (κ1) is 24.7. The monoisotopic (exact) mass is 531 g/mol. The molecule has 4 aliphatic rings. The average molecular weight is 532 g/mol. The minimum absolute atomic E-state index is 0.0560. The van der Waals surface area contributed by atoms with Crippen LogP contribution in [0.3, 0.4) is 0 Å². The Morgan fingerprint density at radius 2 is 1.46 bits per heavy atom. The quantitative estimate of drug-likeness (QED) is 0.254. The largest absolute Gasteiger partial charge is 0.310 e. The highest BCUT2D eigenvalue weighted by Gasteiger charge is 2.49. The Labute approximate surface area is 244 Å². The molecule has 0 N–H and O–H groups in total. The molecule has 202 valence electrons. The van der Waals surface area contributed by atoms with Crippen LogP contribution in [0.4, 0.5) is 11.4 Å². The summed E-state index contributed by atoms with van der Waals surface area (Å²) < 4.78 is 0. The number of benzene rings is 4. The lowest BCUT2D eigenvalue weighted by Gasteiger charge is -2.32. The Morgan fingerprint density at radius 3 is 2.24 bits per heavy atom. The molecule has 0 aromatic heterocycles. The van der Waals surface area contributed by atoms with Crippen LogP contribution in [-0.2, 0) is 10.8 Å². The highest BCUT2D eigenvalue weighted by atomic mass is 15.1. The third kappa shape index (κ3) is 3.42. The first-order valence-electron chi connectivity index (χ1n) is 15.2. The van der Waals surface area contributed by atoms with Gasteiger partial charge in [0.25, 0.3) is 0 Å². The molecule has 41 heavy (non-hydrogen) atoms. The Bertz CT molecular complexity index is 1860. The van der Waals surface area contributed by atoms with Crippen LogP contribution in [0, 0.1) is 0 Å². The first-order chi connectivity index (χ1) is 19.9. The fraction of sp³-hybridized carbons (Fsp3) is 0.250. The molecule has 0 fully saturated rings. The third-order valence-corrected chi connectivity index (χ3v) is 10.4. The van der Waals surface area contributed by atoms with E-state index < -0.39 is 0 Å². The molecule has 1 unspecified atom stereocenters. The van der Waals surface area contributed by atoms with Gasteiger partial charge >= 0.3 is 0 Å². The van der Waals surface area contributed by atoms with E-state index >= 15 is 0 Å². The van der Waals surface area contributed by atoms with E-state index in [1.807, 2.05) is 0 Å². The molecule has 0 amide bonds. The second-order valence-corrected chi connectivity index (χ2v) is 13.2. The number of fused-ring (bicyclic) bond motifs is 7. The van der Waals surface area contributed by atoms with Gasteiger partial charge in [-0.25, -0.2) is 0 Å². The highest BCUT2D eigenvalue weighted by Crippen LogP contribution is 2.62. The lowest BCUT2D eigenvalue weighted by Crippen LogP contribution is -2.22. The van der Waals surface area contributed by atoms with Crippen LogP contribution in [-0.4, -0.2) is 0 Å². The number of hydrogen-bond acceptors (Lipinski definition) is 1. The van der Waals surface area contributed by atoms with Gasteiger partial charge < -0.3 is 4.90 Å². The van der Waals surface area contributed by atoms with Crippen LogP contribution in [0.5, 0.6) is 0 Å². The summed E-state index contributed by atoms with van der Waals surface area (Å²) in [5, 5.41) is 2.74. The summed E-state index contributed by atoms with van der Waals surface area (Å²) in [4.78, 5) is 2.49. The van der Waals surface area contributed by atoms with Crippen molar-refractivity contribution in [3.63, 3.8) is 0 Å². The Kier molecular flexibility index (Phi) is 5.24. The summed E-state index contributed by atoms with van der Waals surface area (Å²) >= 11 is 0. The van der Waals surface area contributed by atoms with Gasteiger partial charge in [-0.05, 0) is 76.8 Å². The maximum atomic E-state index is 2.59. The van der Waals surface area contributed by atoms with Gasteiger partial charge in [0.05, 0.1) is 5.69 Å². The summed E-state index contributed by atoms with van der Waals surface area (Å²) in [5.41, 5.74) is 14.3. The maximum absolute atomic E-state index is 2.59. The predicted molar refractivity (Wildman–Crippen MR) is 174 cm³/mol. The zero-order chi connectivity index (χ0) is 27.9. The predicted octanol–water partition coefficient (Wildman–Crippen LogP) is 10.7. The number of hydrogen-bond donors (Lipinski definition) is 0. The fourth-order valence-corrected chi connectivity index (χ4v) is 8.28. The minimum atomic E-state index is -0.0574. The second-order valence-electron chi connectivity index (χ2n) is 13.2. The van der Waals surface area contributed by atoms with Crippen LogP contribution < -0.4 is 4.90 Å². The molecule has 8 rings (SSSR count). The van der Waals surface area contributed by atoms with E-state index in [1.165, 1.54) is 50.1 Å². The fourth-order valence-electron chi connectivity index (χ4n) is 8.28.